The zero-order valence-electron chi connectivity index (χ0n) is 6.25. The number of ketones is 2. The lowest BCUT2D eigenvalue weighted by Crippen LogP contribution is -2.54. The molecule has 0 amide bonds. The van der Waals surface area contributed by atoms with E-state index >= 15 is 0 Å². The summed E-state index contributed by atoms with van der Waals surface area (Å²) < 4.78 is 0. The van der Waals surface area contributed by atoms with Gasteiger partial charge < -0.3 is 10.8 Å². The van der Waals surface area contributed by atoms with Gasteiger partial charge in [-0.2, -0.15) is 0 Å². The molecule has 0 saturated carbocycles. The van der Waals surface area contributed by atoms with E-state index in [1.807, 2.05) is 0 Å². The number of carbonyl (C=O) groups is 3. The number of carbonyl (C=O) groups excluding carboxylic acids is 2. The highest BCUT2D eigenvalue weighted by Crippen LogP contribution is 2.01. The van der Waals surface area contributed by atoms with E-state index in [1.165, 1.54) is 0 Å². The molecule has 62 valence electrons. The van der Waals surface area contributed by atoms with E-state index in [2.05, 4.69) is 0 Å². The zero-order valence-corrected chi connectivity index (χ0v) is 6.25. The Hall–Kier alpha value is -1.23. The average Bonchev–Trinajstić information content (AvgIpc) is 1.85. The molecule has 3 N–H and O–H groups in total. The molecular formula is C6H9NO4. The fourth-order valence-corrected chi connectivity index (χ4v) is 0.463. The second-order valence-corrected chi connectivity index (χ2v) is 2.39. The number of Topliss-reactive ketones (excluding diaryl/α,β-unsaturated/α-hetero) is 2. The molecule has 0 aromatic rings. The summed E-state index contributed by atoms with van der Waals surface area (Å²) in [6.45, 7) is 1.97. The van der Waals surface area contributed by atoms with Crippen molar-refractivity contribution in [2.45, 2.75) is 19.4 Å². The Kier molecular flexibility index (Phi) is 2.48. The summed E-state index contributed by atoms with van der Waals surface area (Å²) in [6, 6.07) is 0. The Morgan fingerprint density at radius 1 is 1.36 bits per heavy atom. The van der Waals surface area contributed by atoms with Crippen molar-refractivity contribution in [3.8, 4) is 0 Å². The molecule has 0 unspecified atom stereocenters. The zero-order chi connectivity index (χ0) is 9.23. The van der Waals surface area contributed by atoms with Crippen molar-refractivity contribution >= 4 is 17.5 Å². The number of carboxylic acid groups (broad SMARTS) is 1. The predicted octanol–water partition coefficient (Wildman–Crippen LogP) is -1.05. The first-order valence-electron chi connectivity index (χ1n) is 2.87. The number of rotatable bonds is 3. The largest absolute Gasteiger partial charge is 0.480 e. The molecule has 0 heterocycles. The van der Waals surface area contributed by atoms with Crippen LogP contribution in [0.15, 0.2) is 0 Å². The fourth-order valence-electron chi connectivity index (χ4n) is 0.463. The highest BCUT2D eigenvalue weighted by atomic mass is 16.4. The fraction of sp³-hybridized carbons (Fsp3) is 0.500. The summed E-state index contributed by atoms with van der Waals surface area (Å²) >= 11 is 0. The number of carboxylic acids is 1. The summed E-state index contributed by atoms with van der Waals surface area (Å²) in [5, 5.41) is 8.36. The Morgan fingerprint density at radius 3 is 1.82 bits per heavy atom. The molecule has 0 bridgehead atoms. The van der Waals surface area contributed by atoms with Gasteiger partial charge in [0.25, 0.3) is 0 Å². The quantitative estimate of drug-likeness (QED) is 0.404. The topological polar surface area (TPSA) is 97.5 Å². The molecule has 0 fully saturated rings. The maximum atomic E-state index is 10.8. The smallest absolute Gasteiger partial charge is 0.331 e. The Labute approximate surface area is 63.2 Å². The van der Waals surface area contributed by atoms with Crippen LogP contribution in [0.25, 0.3) is 0 Å². The van der Waals surface area contributed by atoms with Crippen LogP contribution in [0.2, 0.25) is 0 Å². The molecule has 0 aliphatic carbocycles. The monoisotopic (exact) mass is 159 g/mol. The van der Waals surface area contributed by atoms with Gasteiger partial charge in [0.15, 0.2) is 11.3 Å². The number of aliphatic carboxylic acids is 1. The lowest BCUT2D eigenvalue weighted by Gasteiger charge is -2.14. The normalized spacial score (nSPS) is 15.2. The van der Waals surface area contributed by atoms with Gasteiger partial charge in [0, 0.05) is 6.92 Å². The molecular weight excluding hydrogens is 150 g/mol. The summed E-state index contributed by atoms with van der Waals surface area (Å²) in [4.78, 5) is 31.4. The van der Waals surface area contributed by atoms with E-state index in [9.17, 15) is 14.4 Å². The third kappa shape index (κ3) is 1.84. The minimum atomic E-state index is -2.09. The second kappa shape index (κ2) is 2.79. The van der Waals surface area contributed by atoms with E-state index in [0.29, 0.717) is 0 Å². The van der Waals surface area contributed by atoms with Crippen molar-refractivity contribution in [1.29, 1.82) is 0 Å². The van der Waals surface area contributed by atoms with Gasteiger partial charge in [0.1, 0.15) is 0 Å². The lowest BCUT2D eigenvalue weighted by molar-refractivity contribution is -0.151. The van der Waals surface area contributed by atoms with Gasteiger partial charge in [-0.1, -0.05) is 0 Å². The maximum absolute atomic E-state index is 10.8. The number of hydrogen-bond acceptors (Lipinski definition) is 4. The molecule has 0 radical (unpaired) electrons. The SMILES string of the molecule is CC(=O)C(=O)[C@@](C)(N)C(=O)O. The van der Waals surface area contributed by atoms with Crippen LogP contribution in [0, 0.1) is 0 Å². The van der Waals surface area contributed by atoms with Crippen molar-refractivity contribution in [1.82, 2.24) is 0 Å². The molecule has 0 rings (SSSR count). The van der Waals surface area contributed by atoms with Gasteiger partial charge in [-0.15, -0.1) is 0 Å². The van der Waals surface area contributed by atoms with Crippen LogP contribution in [-0.2, 0) is 14.4 Å². The molecule has 0 aliphatic rings. The van der Waals surface area contributed by atoms with E-state index in [0.717, 1.165) is 13.8 Å². The third-order valence-electron chi connectivity index (χ3n) is 1.24. The first-order valence-corrected chi connectivity index (χ1v) is 2.87. The van der Waals surface area contributed by atoms with Gasteiger partial charge in [0.05, 0.1) is 0 Å². The van der Waals surface area contributed by atoms with Crippen LogP contribution in [0.3, 0.4) is 0 Å². The molecule has 0 spiro atoms. The summed E-state index contributed by atoms with van der Waals surface area (Å²) in [5.41, 5.74) is 2.94. The Balaban J connectivity index is 4.70. The number of nitrogens with two attached hydrogens (primary N) is 1. The minimum Gasteiger partial charge on any atom is -0.480 e. The second-order valence-electron chi connectivity index (χ2n) is 2.39. The highest BCUT2D eigenvalue weighted by Gasteiger charge is 2.38. The van der Waals surface area contributed by atoms with Crippen LogP contribution >= 0.6 is 0 Å². The summed E-state index contributed by atoms with van der Waals surface area (Å²) in [5.74, 6) is -3.44. The minimum absolute atomic E-state index is 0.850. The third-order valence-corrected chi connectivity index (χ3v) is 1.24. The molecule has 0 saturated heterocycles. The standard InChI is InChI=1S/C6H9NO4/c1-3(8)4(9)6(2,7)5(10)11/h7H2,1-2H3,(H,10,11)/t6-/m1/s1. The van der Waals surface area contributed by atoms with Gasteiger partial charge in [-0.3, -0.25) is 9.59 Å². The van der Waals surface area contributed by atoms with E-state index in [4.69, 9.17) is 10.8 Å². The van der Waals surface area contributed by atoms with E-state index in [-0.39, 0.29) is 0 Å². The summed E-state index contributed by atoms with van der Waals surface area (Å²) in [6.07, 6.45) is 0. The first-order chi connectivity index (χ1) is 4.80. The molecule has 11 heavy (non-hydrogen) atoms. The number of hydrogen-bond donors (Lipinski definition) is 2. The summed E-state index contributed by atoms with van der Waals surface area (Å²) in [7, 11) is 0. The Bertz CT molecular complexity index is 219. The van der Waals surface area contributed by atoms with Crippen LogP contribution < -0.4 is 5.73 Å². The van der Waals surface area contributed by atoms with Crippen molar-refractivity contribution in [2.24, 2.45) is 5.73 Å². The molecule has 5 nitrogen and oxygen atoms in total. The van der Waals surface area contributed by atoms with Crippen molar-refractivity contribution < 1.29 is 19.5 Å². The Morgan fingerprint density at radius 2 is 1.73 bits per heavy atom. The van der Waals surface area contributed by atoms with Gasteiger partial charge in [-0.25, -0.2) is 4.79 Å². The highest BCUT2D eigenvalue weighted by molar-refractivity contribution is 6.43. The van der Waals surface area contributed by atoms with E-state index < -0.39 is 23.1 Å². The van der Waals surface area contributed by atoms with Gasteiger partial charge in [0.2, 0.25) is 5.78 Å². The van der Waals surface area contributed by atoms with Crippen molar-refractivity contribution in [3.05, 3.63) is 0 Å². The van der Waals surface area contributed by atoms with Gasteiger partial charge >= 0.3 is 5.97 Å². The first kappa shape index (κ1) is 9.77. The average molecular weight is 159 g/mol. The van der Waals surface area contributed by atoms with Crippen LogP contribution in [0.1, 0.15) is 13.8 Å². The van der Waals surface area contributed by atoms with Crippen LogP contribution in [0.5, 0.6) is 0 Å². The maximum Gasteiger partial charge on any atom is 0.331 e. The van der Waals surface area contributed by atoms with Crippen molar-refractivity contribution in [3.63, 3.8) is 0 Å². The lowest BCUT2D eigenvalue weighted by atomic mass is 9.96. The molecule has 0 aromatic carbocycles. The van der Waals surface area contributed by atoms with Gasteiger partial charge in [-0.05, 0) is 6.92 Å². The molecule has 0 aliphatic heterocycles. The molecule has 5 heteroatoms. The predicted molar refractivity (Wildman–Crippen MR) is 35.9 cm³/mol. The molecule has 0 aromatic heterocycles. The van der Waals surface area contributed by atoms with Crippen molar-refractivity contribution in [2.75, 3.05) is 0 Å². The molecule has 1 atom stereocenters. The van der Waals surface area contributed by atoms with Crippen LogP contribution in [0.4, 0.5) is 0 Å². The van der Waals surface area contributed by atoms with E-state index in [1.54, 1.807) is 0 Å². The van der Waals surface area contributed by atoms with Crippen LogP contribution in [-0.4, -0.2) is 28.2 Å².